The summed E-state index contributed by atoms with van der Waals surface area (Å²) in [6.45, 7) is 0.600. The molecule has 0 radical (unpaired) electrons. The van der Waals surface area contributed by atoms with Gasteiger partial charge >= 0.3 is 17.9 Å². The second kappa shape index (κ2) is 7.26. The Kier molecular flexibility index (Phi) is 5.18. The number of carbonyl (C=O) groups excluding carboxylic acids is 1. The van der Waals surface area contributed by atoms with Gasteiger partial charge in [-0.05, 0) is 37.1 Å². The molecule has 1 aliphatic rings. The minimum Gasteiger partial charge on any atom is -0.324 e. The standard InChI is InChI=1S/C16H17ClF3N5O2/c1-23-13(16(18,19)20)22-25(15(23)27)12-6-8-24(9-7-12)14(26)21-11-4-2-10(17)3-5-11/h2-5,12H,6-9H2,1H3,(H,21,26). The molecule has 2 aromatic rings. The maximum atomic E-state index is 12.9. The van der Waals surface area contributed by atoms with E-state index in [1.54, 1.807) is 29.2 Å². The highest BCUT2D eigenvalue weighted by atomic mass is 35.5. The summed E-state index contributed by atoms with van der Waals surface area (Å²) in [5.74, 6) is -1.23. The fourth-order valence-electron chi connectivity index (χ4n) is 2.99. The summed E-state index contributed by atoms with van der Waals surface area (Å²) >= 11 is 5.80. The molecule has 27 heavy (non-hydrogen) atoms. The van der Waals surface area contributed by atoms with Gasteiger partial charge in [0, 0.05) is 30.8 Å². The number of anilines is 1. The minimum atomic E-state index is -4.70. The lowest BCUT2D eigenvalue weighted by molar-refractivity contribution is -0.147. The van der Waals surface area contributed by atoms with Crippen molar-refractivity contribution in [2.75, 3.05) is 18.4 Å². The molecule has 3 rings (SSSR count). The molecule has 1 fully saturated rings. The van der Waals surface area contributed by atoms with Crippen molar-refractivity contribution >= 4 is 23.3 Å². The van der Waals surface area contributed by atoms with Crippen LogP contribution < -0.4 is 11.0 Å². The lowest BCUT2D eigenvalue weighted by Crippen LogP contribution is -2.43. The lowest BCUT2D eigenvalue weighted by Gasteiger charge is -2.31. The van der Waals surface area contributed by atoms with E-state index >= 15 is 0 Å². The van der Waals surface area contributed by atoms with Crippen molar-refractivity contribution in [3.8, 4) is 0 Å². The van der Waals surface area contributed by atoms with Crippen molar-refractivity contribution in [2.45, 2.75) is 25.1 Å². The van der Waals surface area contributed by atoms with Gasteiger partial charge in [0.2, 0.25) is 5.82 Å². The van der Waals surface area contributed by atoms with Crippen LogP contribution in [-0.2, 0) is 13.2 Å². The topological polar surface area (TPSA) is 72.2 Å². The number of rotatable bonds is 2. The molecule has 0 bridgehead atoms. The van der Waals surface area contributed by atoms with E-state index < -0.39 is 23.7 Å². The van der Waals surface area contributed by atoms with Crippen molar-refractivity contribution in [1.82, 2.24) is 19.2 Å². The van der Waals surface area contributed by atoms with E-state index in [1.807, 2.05) is 0 Å². The summed E-state index contributed by atoms with van der Waals surface area (Å²) in [7, 11) is 1.04. The molecule has 0 atom stereocenters. The number of amides is 2. The average molecular weight is 404 g/mol. The quantitative estimate of drug-likeness (QED) is 0.837. The van der Waals surface area contributed by atoms with Crippen molar-refractivity contribution < 1.29 is 18.0 Å². The molecule has 1 N–H and O–H groups in total. The highest BCUT2D eigenvalue weighted by Gasteiger charge is 2.39. The van der Waals surface area contributed by atoms with Crippen LogP contribution in [0.4, 0.5) is 23.7 Å². The number of piperidine rings is 1. The number of alkyl halides is 3. The van der Waals surface area contributed by atoms with Crippen molar-refractivity contribution in [2.24, 2.45) is 7.05 Å². The smallest absolute Gasteiger partial charge is 0.324 e. The maximum Gasteiger partial charge on any atom is 0.451 e. The SMILES string of the molecule is Cn1c(C(F)(F)F)nn(C2CCN(C(=O)Nc3ccc(Cl)cc3)CC2)c1=O. The first-order chi connectivity index (χ1) is 12.7. The normalized spacial score (nSPS) is 15.8. The van der Waals surface area contributed by atoms with E-state index in [0.29, 0.717) is 41.2 Å². The Labute approximate surface area is 157 Å². The Balaban J connectivity index is 1.64. The van der Waals surface area contributed by atoms with Gasteiger partial charge in [-0.25, -0.2) is 14.3 Å². The summed E-state index contributed by atoms with van der Waals surface area (Å²) in [5.41, 5.74) is -0.228. The van der Waals surface area contributed by atoms with Gasteiger partial charge < -0.3 is 10.2 Å². The van der Waals surface area contributed by atoms with Crippen LogP contribution in [0, 0.1) is 0 Å². The molecule has 0 aliphatic carbocycles. The number of nitrogens with one attached hydrogen (secondary N) is 1. The van der Waals surface area contributed by atoms with E-state index in [-0.39, 0.29) is 6.03 Å². The zero-order chi connectivity index (χ0) is 19.8. The molecule has 2 amide bonds. The van der Waals surface area contributed by atoms with Crippen LogP contribution in [-0.4, -0.2) is 38.4 Å². The first kappa shape index (κ1) is 19.3. The lowest BCUT2D eigenvalue weighted by atomic mass is 10.1. The average Bonchev–Trinajstić information content (AvgIpc) is 2.92. The van der Waals surface area contributed by atoms with Gasteiger partial charge in [0.05, 0.1) is 6.04 Å². The fourth-order valence-corrected chi connectivity index (χ4v) is 3.12. The number of urea groups is 1. The van der Waals surface area contributed by atoms with Crippen LogP contribution in [0.1, 0.15) is 24.7 Å². The first-order valence-corrected chi connectivity index (χ1v) is 8.59. The zero-order valence-corrected chi connectivity index (χ0v) is 15.1. The van der Waals surface area contributed by atoms with E-state index in [1.165, 1.54) is 0 Å². The van der Waals surface area contributed by atoms with E-state index in [4.69, 9.17) is 11.6 Å². The van der Waals surface area contributed by atoms with Crippen LogP contribution in [0.2, 0.25) is 5.02 Å². The third kappa shape index (κ3) is 4.10. The monoisotopic (exact) mass is 403 g/mol. The van der Waals surface area contributed by atoms with Crippen LogP contribution in [0.3, 0.4) is 0 Å². The third-order valence-corrected chi connectivity index (χ3v) is 4.70. The number of benzene rings is 1. The molecule has 0 unspecified atom stereocenters. The Hall–Kier alpha value is -2.49. The molecule has 146 valence electrons. The summed E-state index contributed by atoms with van der Waals surface area (Å²) in [4.78, 5) is 25.9. The molecule has 7 nitrogen and oxygen atoms in total. The summed E-state index contributed by atoms with van der Waals surface area (Å²) in [6.07, 6.45) is -4.02. The number of carbonyl (C=O) groups is 1. The molecule has 1 aliphatic heterocycles. The van der Waals surface area contributed by atoms with Gasteiger partial charge in [-0.3, -0.25) is 4.57 Å². The van der Waals surface area contributed by atoms with Gasteiger partial charge in [-0.1, -0.05) is 11.6 Å². The van der Waals surface area contributed by atoms with Gasteiger partial charge in [0.25, 0.3) is 0 Å². The first-order valence-electron chi connectivity index (χ1n) is 8.21. The number of halogens is 4. The Morgan fingerprint density at radius 1 is 1.22 bits per heavy atom. The predicted molar refractivity (Wildman–Crippen MR) is 92.8 cm³/mol. The second-order valence-electron chi connectivity index (χ2n) is 6.26. The summed E-state index contributed by atoms with van der Waals surface area (Å²) in [5, 5.41) is 6.74. The third-order valence-electron chi connectivity index (χ3n) is 4.45. The highest BCUT2D eigenvalue weighted by molar-refractivity contribution is 6.30. The molecule has 0 spiro atoms. The van der Waals surface area contributed by atoms with Crippen LogP contribution in [0.5, 0.6) is 0 Å². The molecular formula is C16H17ClF3N5O2. The molecule has 1 aromatic carbocycles. The Morgan fingerprint density at radius 3 is 2.33 bits per heavy atom. The number of likely N-dealkylation sites (tertiary alicyclic amines) is 1. The molecule has 11 heteroatoms. The molecule has 2 heterocycles. The predicted octanol–water partition coefficient (Wildman–Crippen LogP) is 3.12. The zero-order valence-electron chi connectivity index (χ0n) is 14.3. The van der Waals surface area contributed by atoms with Crippen molar-refractivity contribution in [1.29, 1.82) is 0 Å². The maximum absolute atomic E-state index is 12.9. The number of nitrogens with zero attached hydrogens (tertiary/aromatic N) is 4. The van der Waals surface area contributed by atoms with E-state index in [2.05, 4.69) is 10.4 Å². The summed E-state index contributed by atoms with van der Waals surface area (Å²) in [6, 6.07) is 5.82. The van der Waals surface area contributed by atoms with Gasteiger partial charge in [-0.15, -0.1) is 5.10 Å². The molecule has 1 aromatic heterocycles. The number of hydrogen-bond acceptors (Lipinski definition) is 3. The van der Waals surface area contributed by atoms with E-state index in [9.17, 15) is 22.8 Å². The summed E-state index contributed by atoms with van der Waals surface area (Å²) < 4.78 is 40.1. The van der Waals surface area contributed by atoms with Gasteiger partial charge in [0.15, 0.2) is 0 Å². The fraction of sp³-hybridized carbons (Fsp3) is 0.438. The van der Waals surface area contributed by atoms with Gasteiger partial charge in [-0.2, -0.15) is 13.2 Å². The van der Waals surface area contributed by atoms with Crippen molar-refractivity contribution in [3.63, 3.8) is 0 Å². The second-order valence-corrected chi connectivity index (χ2v) is 6.70. The van der Waals surface area contributed by atoms with Gasteiger partial charge in [0.1, 0.15) is 0 Å². The molecule has 0 saturated carbocycles. The van der Waals surface area contributed by atoms with Crippen LogP contribution in [0.15, 0.2) is 29.1 Å². The van der Waals surface area contributed by atoms with E-state index in [0.717, 1.165) is 11.7 Å². The Morgan fingerprint density at radius 2 is 1.81 bits per heavy atom. The van der Waals surface area contributed by atoms with Crippen molar-refractivity contribution in [3.05, 3.63) is 45.6 Å². The largest absolute Gasteiger partial charge is 0.451 e. The Bertz CT molecular complexity index is 883. The minimum absolute atomic E-state index is 0.300. The molecular weight excluding hydrogens is 387 g/mol. The number of hydrogen-bond donors (Lipinski definition) is 1. The number of aromatic nitrogens is 3. The molecule has 1 saturated heterocycles. The highest BCUT2D eigenvalue weighted by Crippen LogP contribution is 2.28. The van der Waals surface area contributed by atoms with Crippen LogP contribution in [0.25, 0.3) is 0 Å². The van der Waals surface area contributed by atoms with Crippen LogP contribution >= 0.6 is 11.6 Å².